The Kier molecular flexibility index (Phi) is 2.73. The van der Waals surface area contributed by atoms with Crippen LogP contribution in [-0.4, -0.2) is 22.2 Å². The smallest absolute Gasteiger partial charge is 0.225 e. The van der Waals surface area contributed by atoms with Gasteiger partial charge in [-0.15, -0.1) is 0 Å². The average Bonchev–Trinajstić information content (AvgIpc) is 2.55. The minimum atomic E-state index is 0.0337. The second-order valence-electron chi connectivity index (χ2n) is 3.73. The fourth-order valence-corrected chi connectivity index (χ4v) is 1.81. The van der Waals surface area contributed by atoms with Gasteiger partial charge < -0.3 is 10.6 Å². The summed E-state index contributed by atoms with van der Waals surface area (Å²) in [4.78, 5) is 11.3. The van der Waals surface area contributed by atoms with Crippen molar-refractivity contribution >= 4 is 11.7 Å². The van der Waals surface area contributed by atoms with Gasteiger partial charge in [0, 0.05) is 38.5 Å². The van der Waals surface area contributed by atoms with Gasteiger partial charge in [0.25, 0.3) is 0 Å². The van der Waals surface area contributed by atoms with Crippen LogP contribution in [0.25, 0.3) is 0 Å². The summed E-state index contributed by atoms with van der Waals surface area (Å²) in [5.41, 5.74) is 2.23. The predicted molar refractivity (Wildman–Crippen MR) is 57.5 cm³/mol. The Morgan fingerprint density at radius 2 is 2.47 bits per heavy atom. The van der Waals surface area contributed by atoms with Gasteiger partial charge in [0.05, 0.1) is 5.69 Å². The Labute approximate surface area is 88.8 Å². The van der Waals surface area contributed by atoms with Crippen LogP contribution in [-0.2, 0) is 24.8 Å². The second-order valence-corrected chi connectivity index (χ2v) is 3.73. The normalized spacial score (nSPS) is 14.8. The van der Waals surface area contributed by atoms with Crippen molar-refractivity contribution in [2.45, 2.75) is 26.3 Å². The first-order valence-corrected chi connectivity index (χ1v) is 5.27. The minimum absolute atomic E-state index is 0.0337. The van der Waals surface area contributed by atoms with Gasteiger partial charge in [-0.25, -0.2) is 0 Å². The maximum Gasteiger partial charge on any atom is 0.225 e. The summed E-state index contributed by atoms with van der Waals surface area (Å²) < 4.78 is 1.76. The summed E-state index contributed by atoms with van der Waals surface area (Å²) in [6.07, 6.45) is 1.43. The molecule has 1 aliphatic heterocycles. The Balaban J connectivity index is 2.29. The van der Waals surface area contributed by atoms with Gasteiger partial charge in [-0.1, -0.05) is 6.92 Å². The van der Waals surface area contributed by atoms with Gasteiger partial charge >= 0.3 is 0 Å². The van der Waals surface area contributed by atoms with Gasteiger partial charge in [-0.2, -0.15) is 5.10 Å². The molecule has 1 amide bonds. The summed E-state index contributed by atoms with van der Waals surface area (Å²) >= 11 is 0. The van der Waals surface area contributed by atoms with Gasteiger partial charge in [0.2, 0.25) is 5.91 Å². The zero-order valence-corrected chi connectivity index (χ0v) is 9.13. The minimum Gasteiger partial charge on any atom is -0.312 e. The molecule has 5 nitrogen and oxygen atoms in total. The van der Waals surface area contributed by atoms with Crippen molar-refractivity contribution in [1.29, 1.82) is 0 Å². The molecule has 0 aromatic carbocycles. The van der Waals surface area contributed by atoms with Crippen LogP contribution in [0.2, 0.25) is 0 Å². The lowest BCUT2D eigenvalue weighted by molar-refractivity contribution is -0.115. The average molecular weight is 208 g/mol. The van der Waals surface area contributed by atoms with Crippen molar-refractivity contribution in [3.63, 3.8) is 0 Å². The van der Waals surface area contributed by atoms with E-state index in [4.69, 9.17) is 0 Å². The predicted octanol–water partition coefficient (Wildman–Crippen LogP) is 0.414. The molecule has 0 saturated carbocycles. The third-order valence-electron chi connectivity index (χ3n) is 2.65. The summed E-state index contributed by atoms with van der Waals surface area (Å²) in [6.45, 7) is 3.60. The quantitative estimate of drug-likeness (QED) is 0.740. The Hall–Kier alpha value is -1.36. The zero-order chi connectivity index (χ0) is 10.8. The number of nitrogens with zero attached hydrogens (tertiary/aromatic N) is 2. The van der Waals surface area contributed by atoms with Crippen LogP contribution >= 0.6 is 0 Å². The lowest BCUT2D eigenvalue weighted by Gasteiger charge is -2.13. The number of nitrogens with one attached hydrogen (secondary N) is 2. The van der Waals surface area contributed by atoms with Crippen molar-refractivity contribution in [2.75, 3.05) is 11.9 Å². The zero-order valence-electron chi connectivity index (χ0n) is 9.13. The molecule has 0 aliphatic carbocycles. The highest BCUT2D eigenvalue weighted by atomic mass is 16.1. The number of anilines is 1. The van der Waals surface area contributed by atoms with E-state index in [2.05, 4.69) is 15.7 Å². The van der Waals surface area contributed by atoms with Gasteiger partial charge in [0.1, 0.15) is 5.82 Å². The summed E-state index contributed by atoms with van der Waals surface area (Å²) in [7, 11) is 1.86. The number of fused-ring (bicyclic) bond motifs is 1. The number of carbonyl (C=O) groups is 1. The molecule has 2 heterocycles. The monoisotopic (exact) mass is 208 g/mol. The van der Waals surface area contributed by atoms with E-state index in [1.54, 1.807) is 4.68 Å². The first-order valence-electron chi connectivity index (χ1n) is 5.27. The molecule has 0 radical (unpaired) electrons. The number of amides is 1. The topological polar surface area (TPSA) is 59.0 Å². The SMILES string of the molecule is CCC(=O)Nc1c2c(nn1C)CCNC2. The standard InChI is InChI=1S/C10H16N4O/c1-3-9(15)12-10-7-6-11-5-4-8(7)13-14(10)2/h11H,3-6H2,1-2H3,(H,12,15). The molecule has 0 bridgehead atoms. The summed E-state index contributed by atoms with van der Waals surface area (Å²) in [5.74, 6) is 0.871. The second kappa shape index (κ2) is 4.02. The molecule has 15 heavy (non-hydrogen) atoms. The highest BCUT2D eigenvalue weighted by molar-refractivity contribution is 5.90. The summed E-state index contributed by atoms with van der Waals surface area (Å²) in [6, 6.07) is 0. The molecular formula is C10H16N4O. The molecular weight excluding hydrogens is 192 g/mol. The van der Waals surface area contributed by atoms with Crippen molar-refractivity contribution in [3.05, 3.63) is 11.3 Å². The van der Waals surface area contributed by atoms with Crippen molar-refractivity contribution < 1.29 is 4.79 Å². The Morgan fingerprint density at radius 3 is 3.20 bits per heavy atom. The molecule has 2 rings (SSSR count). The first-order chi connectivity index (χ1) is 7.22. The van der Waals surface area contributed by atoms with Gasteiger partial charge in [-0.3, -0.25) is 9.48 Å². The van der Waals surface area contributed by atoms with Crippen LogP contribution in [0.15, 0.2) is 0 Å². The molecule has 2 N–H and O–H groups in total. The van der Waals surface area contributed by atoms with E-state index in [1.807, 2.05) is 14.0 Å². The number of carbonyl (C=O) groups excluding carboxylic acids is 1. The number of aromatic nitrogens is 2. The van der Waals surface area contributed by atoms with E-state index in [0.717, 1.165) is 36.6 Å². The highest BCUT2D eigenvalue weighted by Gasteiger charge is 2.19. The third kappa shape index (κ3) is 1.87. The van der Waals surface area contributed by atoms with Crippen LogP contribution in [0, 0.1) is 0 Å². The number of aryl methyl sites for hydroxylation is 1. The fourth-order valence-electron chi connectivity index (χ4n) is 1.81. The Bertz CT molecular complexity index is 383. The van der Waals surface area contributed by atoms with E-state index in [-0.39, 0.29) is 5.91 Å². The van der Waals surface area contributed by atoms with Gasteiger partial charge in [-0.05, 0) is 0 Å². The lowest BCUT2D eigenvalue weighted by Crippen LogP contribution is -2.24. The molecule has 0 unspecified atom stereocenters. The molecule has 1 aromatic heterocycles. The van der Waals surface area contributed by atoms with Crippen LogP contribution in [0.3, 0.4) is 0 Å². The van der Waals surface area contributed by atoms with Gasteiger partial charge in [0.15, 0.2) is 0 Å². The molecule has 5 heteroatoms. The van der Waals surface area contributed by atoms with Crippen LogP contribution in [0.4, 0.5) is 5.82 Å². The van der Waals surface area contributed by atoms with Crippen LogP contribution in [0.5, 0.6) is 0 Å². The van der Waals surface area contributed by atoms with Crippen molar-refractivity contribution in [1.82, 2.24) is 15.1 Å². The molecule has 1 aromatic rings. The maximum absolute atomic E-state index is 11.3. The Morgan fingerprint density at radius 1 is 1.67 bits per heavy atom. The van der Waals surface area contributed by atoms with Crippen LogP contribution in [0.1, 0.15) is 24.6 Å². The molecule has 1 aliphatic rings. The maximum atomic E-state index is 11.3. The molecule has 0 fully saturated rings. The lowest BCUT2D eigenvalue weighted by atomic mass is 10.1. The molecule has 0 atom stereocenters. The van der Waals surface area contributed by atoms with E-state index in [9.17, 15) is 4.79 Å². The molecule has 0 spiro atoms. The molecule has 82 valence electrons. The van der Waals surface area contributed by atoms with Crippen molar-refractivity contribution in [3.8, 4) is 0 Å². The largest absolute Gasteiger partial charge is 0.312 e. The van der Waals surface area contributed by atoms with E-state index < -0.39 is 0 Å². The summed E-state index contributed by atoms with van der Waals surface area (Å²) in [5, 5.41) is 10.6. The third-order valence-corrected chi connectivity index (χ3v) is 2.65. The fraction of sp³-hybridized carbons (Fsp3) is 0.600. The number of hydrogen-bond acceptors (Lipinski definition) is 3. The van der Waals surface area contributed by atoms with E-state index >= 15 is 0 Å². The van der Waals surface area contributed by atoms with Crippen LogP contribution < -0.4 is 10.6 Å². The van der Waals surface area contributed by atoms with E-state index in [1.165, 1.54) is 0 Å². The number of rotatable bonds is 2. The first kappa shape index (κ1) is 10.2. The van der Waals surface area contributed by atoms with Crippen molar-refractivity contribution in [2.24, 2.45) is 7.05 Å². The number of hydrogen-bond donors (Lipinski definition) is 2. The van der Waals surface area contributed by atoms with E-state index in [0.29, 0.717) is 6.42 Å². The molecule has 0 saturated heterocycles. The highest BCUT2D eigenvalue weighted by Crippen LogP contribution is 2.21.